The summed E-state index contributed by atoms with van der Waals surface area (Å²) in [6.45, 7) is 3.25. The number of fused-ring (bicyclic) bond motifs is 1. The van der Waals surface area contributed by atoms with Crippen molar-refractivity contribution in [1.82, 2.24) is 14.5 Å². The van der Waals surface area contributed by atoms with Crippen molar-refractivity contribution in [3.63, 3.8) is 0 Å². The molecule has 0 saturated carbocycles. The SMILES string of the molecule is N#CCSc1nc2cc(C(=O)N3CCN(c4ccccc4)CC3)ccc2c(=O)n1CCc1ccccc1. The second kappa shape index (κ2) is 11.3. The highest BCUT2D eigenvalue weighted by molar-refractivity contribution is 7.99. The van der Waals surface area contributed by atoms with E-state index in [1.165, 1.54) is 11.8 Å². The molecule has 3 aromatic carbocycles. The molecule has 0 atom stereocenters. The summed E-state index contributed by atoms with van der Waals surface area (Å²) < 4.78 is 1.64. The maximum Gasteiger partial charge on any atom is 0.262 e. The fourth-order valence-corrected chi connectivity index (χ4v) is 5.30. The number of carbonyl (C=O) groups excluding carboxylic acids is 1. The number of anilines is 1. The van der Waals surface area contributed by atoms with Gasteiger partial charge in [0.2, 0.25) is 0 Å². The van der Waals surface area contributed by atoms with Crippen LogP contribution in [0.5, 0.6) is 0 Å². The number of benzene rings is 3. The van der Waals surface area contributed by atoms with Gasteiger partial charge in [0.1, 0.15) is 0 Å². The van der Waals surface area contributed by atoms with Gasteiger partial charge in [-0.1, -0.05) is 60.3 Å². The lowest BCUT2D eigenvalue weighted by molar-refractivity contribution is 0.0747. The van der Waals surface area contributed by atoms with Crippen LogP contribution in [0.1, 0.15) is 15.9 Å². The molecule has 0 spiro atoms. The van der Waals surface area contributed by atoms with Gasteiger partial charge >= 0.3 is 0 Å². The van der Waals surface area contributed by atoms with Gasteiger partial charge in [-0.3, -0.25) is 14.2 Å². The summed E-state index contributed by atoms with van der Waals surface area (Å²) in [6, 6.07) is 27.4. The van der Waals surface area contributed by atoms with Gasteiger partial charge in [0.15, 0.2) is 5.16 Å². The molecule has 186 valence electrons. The van der Waals surface area contributed by atoms with Crippen molar-refractivity contribution in [2.24, 2.45) is 0 Å². The minimum atomic E-state index is -0.156. The Labute approximate surface area is 220 Å². The molecule has 0 unspecified atom stereocenters. The first kappa shape index (κ1) is 24.6. The van der Waals surface area contributed by atoms with Crippen LogP contribution < -0.4 is 10.5 Å². The van der Waals surface area contributed by atoms with Crippen molar-refractivity contribution in [3.05, 3.63) is 100 Å². The van der Waals surface area contributed by atoms with Crippen molar-refractivity contribution in [1.29, 1.82) is 5.26 Å². The maximum absolute atomic E-state index is 13.4. The van der Waals surface area contributed by atoms with Gasteiger partial charge in [0.25, 0.3) is 11.5 Å². The molecular weight excluding hydrogens is 482 g/mol. The molecule has 0 radical (unpaired) electrons. The third-order valence-electron chi connectivity index (χ3n) is 6.59. The molecular formula is C29H27N5O2S. The third kappa shape index (κ3) is 5.52. The smallest absolute Gasteiger partial charge is 0.262 e. The van der Waals surface area contributed by atoms with E-state index >= 15 is 0 Å². The maximum atomic E-state index is 13.4. The minimum Gasteiger partial charge on any atom is -0.368 e. The molecule has 37 heavy (non-hydrogen) atoms. The number of amides is 1. The zero-order valence-corrected chi connectivity index (χ0v) is 21.2. The molecule has 7 nitrogen and oxygen atoms in total. The number of thioether (sulfide) groups is 1. The lowest BCUT2D eigenvalue weighted by Gasteiger charge is -2.36. The third-order valence-corrected chi connectivity index (χ3v) is 7.43. The van der Waals surface area contributed by atoms with Crippen molar-refractivity contribution in [3.8, 4) is 6.07 Å². The number of hydrogen-bond acceptors (Lipinski definition) is 6. The summed E-state index contributed by atoms with van der Waals surface area (Å²) >= 11 is 1.24. The van der Waals surface area contributed by atoms with Crippen LogP contribution in [-0.2, 0) is 13.0 Å². The monoisotopic (exact) mass is 509 g/mol. The zero-order chi connectivity index (χ0) is 25.6. The molecule has 1 fully saturated rings. The summed E-state index contributed by atoms with van der Waals surface area (Å²) in [5, 5.41) is 10.1. The molecule has 8 heteroatoms. The van der Waals surface area contributed by atoms with Gasteiger partial charge < -0.3 is 9.80 Å². The second-order valence-corrected chi connectivity index (χ2v) is 9.82. The molecule has 1 amide bonds. The predicted octanol–water partition coefficient (Wildman–Crippen LogP) is 4.22. The highest BCUT2D eigenvalue weighted by Gasteiger charge is 2.23. The average molecular weight is 510 g/mol. The van der Waals surface area contributed by atoms with E-state index in [-0.39, 0.29) is 17.2 Å². The van der Waals surface area contributed by atoms with Gasteiger partial charge in [0, 0.05) is 44.0 Å². The van der Waals surface area contributed by atoms with Crippen molar-refractivity contribution in [2.45, 2.75) is 18.1 Å². The lowest BCUT2D eigenvalue weighted by atomic mass is 10.1. The summed E-state index contributed by atoms with van der Waals surface area (Å²) in [5.41, 5.74) is 3.13. The number of rotatable bonds is 7. The summed E-state index contributed by atoms with van der Waals surface area (Å²) in [5.74, 6) is 0.129. The number of para-hydroxylation sites is 1. The van der Waals surface area contributed by atoms with Gasteiger partial charge in [-0.15, -0.1) is 0 Å². The highest BCUT2D eigenvalue weighted by Crippen LogP contribution is 2.21. The van der Waals surface area contributed by atoms with Gasteiger partial charge in [-0.05, 0) is 42.3 Å². The number of carbonyl (C=O) groups is 1. The van der Waals surface area contributed by atoms with Crippen LogP contribution in [0.25, 0.3) is 10.9 Å². The second-order valence-electron chi connectivity index (χ2n) is 8.88. The van der Waals surface area contributed by atoms with E-state index in [4.69, 9.17) is 10.2 Å². The molecule has 1 aromatic heterocycles. The number of aromatic nitrogens is 2. The quantitative estimate of drug-likeness (QED) is 0.274. The van der Waals surface area contributed by atoms with Gasteiger partial charge in [-0.25, -0.2) is 4.98 Å². The Kier molecular flexibility index (Phi) is 7.52. The van der Waals surface area contributed by atoms with E-state index in [1.54, 1.807) is 22.8 Å². The van der Waals surface area contributed by atoms with Crippen LogP contribution in [0.2, 0.25) is 0 Å². The molecule has 0 aliphatic carbocycles. The summed E-state index contributed by atoms with van der Waals surface area (Å²) in [6.07, 6.45) is 0.680. The van der Waals surface area contributed by atoms with E-state index in [1.807, 2.05) is 53.4 Å². The van der Waals surface area contributed by atoms with Crippen LogP contribution in [0.15, 0.2) is 88.8 Å². The Morgan fingerprint density at radius 3 is 2.35 bits per heavy atom. The van der Waals surface area contributed by atoms with Gasteiger partial charge in [-0.2, -0.15) is 5.26 Å². The van der Waals surface area contributed by atoms with E-state index in [0.29, 0.717) is 47.7 Å². The van der Waals surface area contributed by atoms with Crippen LogP contribution in [-0.4, -0.2) is 52.3 Å². The largest absolute Gasteiger partial charge is 0.368 e. The van der Waals surface area contributed by atoms with Crippen LogP contribution in [0.3, 0.4) is 0 Å². The van der Waals surface area contributed by atoms with Gasteiger partial charge in [0.05, 0.1) is 22.7 Å². The Morgan fingerprint density at radius 2 is 1.65 bits per heavy atom. The summed E-state index contributed by atoms with van der Waals surface area (Å²) in [7, 11) is 0. The summed E-state index contributed by atoms with van der Waals surface area (Å²) in [4.78, 5) is 35.6. The Morgan fingerprint density at radius 1 is 0.946 bits per heavy atom. The molecule has 2 heterocycles. The first-order valence-electron chi connectivity index (χ1n) is 12.3. The molecule has 5 rings (SSSR count). The van der Waals surface area contributed by atoms with E-state index < -0.39 is 0 Å². The van der Waals surface area contributed by atoms with E-state index in [2.05, 4.69) is 23.1 Å². The number of piperazine rings is 1. The average Bonchev–Trinajstić information content (AvgIpc) is 2.96. The first-order chi connectivity index (χ1) is 18.1. The topological polar surface area (TPSA) is 82.2 Å². The number of nitrogens with zero attached hydrogens (tertiary/aromatic N) is 5. The van der Waals surface area contributed by atoms with Crippen molar-refractivity contribution >= 4 is 34.3 Å². The first-order valence-corrected chi connectivity index (χ1v) is 13.3. The fourth-order valence-electron chi connectivity index (χ4n) is 4.61. The van der Waals surface area contributed by atoms with E-state index in [9.17, 15) is 9.59 Å². The molecule has 1 aliphatic heterocycles. The lowest BCUT2D eigenvalue weighted by Crippen LogP contribution is -2.48. The highest BCUT2D eigenvalue weighted by atomic mass is 32.2. The number of aryl methyl sites for hydroxylation is 1. The molecule has 1 saturated heterocycles. The van der Waals surface area contributed by atoms with Crippen LogP contribution >= 0.6 is 11.8 Å². The molecule has 0 N–H and O–H groups in total. The normalized spacial score (nSPS) is 13.5. The Balaban J connectivity index is 1.37. The van der Waals surface area contributed by atoms with Crippen molar-refractivity contribution < 1.29 is 4.79 Å². The standard InChI is InChI=1S/C29H27N5O2S/c30-14-20-37-29-31-26-21-23(27(35)33-18-16-32(17-19-33)24-9-5-2-6-10-24)11-12-25(26)28(36)34(29)15-13-22-7-3-1-4-8-22/h1-12,21H,13,15-20H2. The Bertz CT molecular complexity index is 1490. The van der Waals surface area contributed by atoms with E-state index in [0.717, 1.165) is 24.3 Å². The molecule has 0 bridgehead atoms. The minimum absolute atomic E-state index is 0.0594. The van der Waals surface area contributed by atoms with Crippen molar-refractivity contribution in [2.75, 3.05) is 36.8 Å². The number of nitriles is 1. The van der Waals surface area contributed by atoms with Crippen LogP contribution in [0.4, 0.5) is 5.69 Å². The Hall–Kier alpha value is -4.09. The predicted molar refractivity (Wildman–Crippen MR) is 147 cm³/mol. The zero-order valence-electron chi connectivity index (χ0n) is 20.4. The fraction of sp³-hybridized carbons (Fsp3) is 0.241. The molecule has 4 aromatic rings. The van der Waals surface area contributed by atoms with Crippen LogP contribution in [0, 0.1) is 11.3 Å². The number of hydrogen-bond donors (Lipinski definition) is 0. The molecule has 1 aliphatic rings.